The number of likely N-dealkylation sites (tertiary alicyclic amines) is 1. The van der Waals surface area contributed by atoms with Gasteiger partial charge >= 0.3 is 0 Å². The predicted molar refractivity (Wildman–Crippen MR) is 75.6 cm³/mol. The number of nitrogens with two attached hydrogens (primary N) is 1. The van der Waals surface area contributed by atoms with E-state index in [1.54, 1.807) is 0 Å². The van der Waals surface area contributed by atoms with Crippen LogP contribution in [0.25, 0.3) is 0 Å². The molecule has 1 aliphatic rings. The first-order chi connectivity index (χ1) is 8.20. The summed E-state index contributed by atoms with van der Waals surface area (Å²) in [6.07, 6.45) is 2.25. The molecule has 0 radical (unpaired) electrons. The summed E-state index contributed by atoms with van der Waals surface area (Å²) in [5.74, 6) is 0.0503. The fourth-order valence-electron chi connectivity index (χ4n) is 2.34. The molecule has 18 heavy (non-hydrogen) atoms. The number of benzene rings is 1. The summed E-state index contributed by atoms with van der Waals surface area (Å²) in [6, 6.07) is 9.65. The molecule has 1 aliphatic heterocycles. The van der Waals surface area contributed by atoms with Crippen molar-refractivity contribution in [3.05, 3.63) is 35.9 Å². The van der Waals surface area contributed by atoms with Gasteiger partial charge in [0.25, 0.3) is 0 Å². The average molecular weight is 269 g/mol. The highest BCUT2D eigenvalue weighted by molar-refractivity contribution is 5.85. The monoisotopic (exact) mass is 268 g/mol. The van der Waals surface area contributed by atoms with Crippen LogP contribution in [0.1, 0.15) is 31.4 Å². The lowest BCUT2D eigenvalue weighted by Crippen LogP contribution is -2.37. The summed E-state index contributed by atoms with van der Waals surface area (Å²) in [5.41, 5.74) is 7.19. The molecule has 2 atom stereocenters. The van der Waals surface area contributed by atoms with Crippen LogP contribution < -0.4 is 5.73 Å². The van der Waals surface area contributed by atoms with Crippen LogP contribution in [0.2, 0.25) is 0 Å². The number of hydrogen-bond acceptors (Lipinski definition) is 2. The molecule has 1 heterocycles. The summed E-state index contributed by atoms with van der Waals surface area (Å²) in [7, 11) is 0. The molecule has 2 unspecified atom stereocenters. The maximum Gasteiger partial charge on any atom is 0.227 e. The fraction of sp³-hybridized carbons (Fsp3) is 0.500. The maximum atomic E-state index is 12.2. The number of halogens is 1. The fourth-order valence-corrected chi connectivity index (χ4v) is 2.34. The van der Waals surface area contributed by atoms with Gasteiger partial charge in [-0.2, -0.15) is 0 Å². The Morgan fingerprint density at radius 2 is 1.78 bits per heavy atom. The van der Waals surface area contributed by atoms with Crippen LogP contribution in [0.15, 0.2) is 30.3 Å². The molecule has 0 aliphatic carbocycles. The SMILES string of the molecule is CC(C(=O)N1CCCC1)C(N)c1ccccc1.Cl. The number of carbonyl (C=O) groups is 1. The lowest BCUT2D eigenvalue weighted by Gasteiger charge is -2.25. The number of nitrogens with zero attached hydrogens (tertiary/aromatic N) is 1. The molecular formula is C14H21ClN2O. The molecule has 0 aromatic heterocycles. The van der Waals surface area contributed by atoms with Gasteiger partial charge < -0.3 is 10.6 Å². The lowest BCUT2D eigenvalue weighted by molar-refractivity contribution is -0.134. The Bertz CT molecular complexity index is 377. The minimum Gasteiger partial charge on any atom is -0.342 e. The van der Waals surface area contributed by atoms with Crippen LogP contribution in [0.3, 0.4) is 0 Å². The molecule has 100 valence electrons. The first-order valence-electron chi connectivity index (χ1n) is 6.29. The topological polar surface area (TPSA) is 46.3 Å². The van der Waals surface area contributed by atoms with Gasteiger partial charge in [-0.1, -0.05) is 37.3 Å². The molecule has 1 fully saturated rings. The molecule has 3 nitrogen and oxygen atoms in total. The minimum absolute atomic E-state index is 0. The second kappa shape index (κ2) is 6.76. The van der Waals surface area contributed by atoms with Gasteiger partial charge in [-0.05, 0) is 18.4 Å². The molecule has 0 spiro atoms. The van der Waals surface area contributed by atoms with Crippen LogP contribution in [0.5, 0.6) is 0 Å². The van der Waals surface area contributed by atoms with E-state index in [9.17, 15) is 4.79 Å². The van der Waals surface area contributed by atoms with Crippen LogP contribution in [0.4, 0.5) is 0 Å². The quantitative estimate of drug-likeness (QED) is 0.915. The highest BCUT2D eigenvalue weighted by atomic mass is 35.5. The molecule has 2 rings (SSSR count). The van der Waals surface area contributed by atoms with Crippen molar-refractivity contribution in [1.82, 2.24) is 4.90 Å². The Kier molecular flexibility index (Phi) is 5.63. The highest BCUT2D eigenvalue weighted by Crippen LogP contribution is 2.22. The van der Waals surface area contributed by atoms with Gasteiger partial charge in [0.05, 0.1) is 5.92 Å². The zero-order valence-electron chi connectivity index (χ0n) is 10.7. The van der Waals surface area contributed by atoms with E-state index in [-0.39, 0.29) is 30.3 Å². The predicted octanol–water partition coefficient (Wildman–Crippen LogP) is 2.37. The van der Waals surface area contributed by atoms with E-state index in [1.807, 2.05) is 42.2 Å². The third-order valence-electron chi connectivity index (χ3n) is 3.53. The minimum atomic E-state index is -0.204. The first kappa shape index (κ1) is 15.0. The number of hydrogen-bond donors (Lipinski definition) is 1. The van der Waals surface area contributed by atoms with Crippen LogP contribution in [0, 0.1) is 5.92 Å². The summed E-state index contributed by atoms with van der Waals surface area (Å²) in [5, 5.41) is 0. The Labute approximate surface area is 115 Å². The smallest absolute Gasteiger partial charge is 0.227 e. The van der Waals surface area contributed by atoms with E-state index in [0.717, 1.165) is 31.5 Å². The summed E-state index contributed by atoms with van der Waals surface area (Å²) in [6.45, 7) is 3.72. The van der Waals surface area contributed by atoms with E-state index in [4.69, 9.17) is 5.73 Å². The second-order valence-electron chi connectivity index (χ2n) is 4.76. The van der Waals surface area contributed by atoms with E-state index in [1.165, 1.54) is 0 Å². The first-order valence-corrected chi connectivity index (χ1v) is 6.29. The normalized spacial score (nSPS) is 18.0. The second-order valence-corrected chi connectivity index (χ2v) is 4.76. The van der Waals surface area contributed by atoms with Gasteiger partial charge in [-0.25, -0.2) is 0 Å². The van der Waals surface area contributed by atoms with Crippen molar-refractivity contribution in [2.75, 3.05) is 13.1 Å². The third-order valence-corrected chi connectivity index (χ3v) is 3.53. The largest absolute Gasteiger partial charge is 0.342 e. The van der Waals surface area contributed by atoms with E-state index in [2.05, 4.69) is 0 Å². The summed E-state index contributed by atoms with van der Waals surface area (Å²) in [4.78, 5) is 14.1. The molecule has 1 aromatic rings. The highest BCUT2D eigenvalue weighted by Gasteiger charge is 2.27. The van der Waals surface area contributed by atoms with Crippen LogP contribution >= 0.6 is 12.4 Å². The Morgan fingerprint density at radius 3 is 2.33 bits per heavy atom. The van der Waals surface area contributed by atoms with Crippen molar-refractivity contribution >= 4 is 18.3 Å². The van der Waals surface area contributed by atoms with Crippen molar-refractivity contribution in [3.8, 4) is 0 Å². The standard InChI is InChI=1S/C14H20N2O.ClH/c1-11(14(17)16-9-5-6-10-16)13(15)12-7-3-2-4-8-12;/h2-4,7-8,11,13H,5-6,9-10,15H2,1H3;1H. The van der Waals surface area contributed by atoms with Crippen molar-refractivity contribution in [3.63, 3.8) is 0 Å². The number of carbonyl (C=O) groups excluding carboxylic acids is 1. The zero-order valence-corrected chi connectivity index (χ0v) is 11.5. The third kappa shape index (κ3) is 3.24. The van der Waals surface area contributed by atoms with Crippen LogP contribution in [-0.4, -0.2) is 23.9 Å². The van der Waals surface area contributed by atoms with E-state index in [0.29, 0.717) is 0 Å². The van der Waals surface area contributed by atoms with Gasteiger partial charge in [0, 0.05) is 19.1 Å². The average Bonchev–Trinajstić information content (AvgIpc) is 2.91. The van der Waals surface area contributed by atoms with Gasteiger partial charge in [-0.15, -0.1) is 12.4 Å². The van der Waals surface area contributed by atoms with Gasteiger partial charge in [0.1, 0.15) is 0 Å². The molecule has 1 amide bonds. The Balaban J connectivity index is 0.00000162. The zero-order chi connectivity index (χ0) is 12.3. The van der Waals surface area contributed by atoms with Gasteiger partial charge in [-0.3, -0.25) is 4.79 Å². The number of rotatable bonds is 3. The lowest BCUT2D eigenvalue weighted by atomic mass is 9.94. The number of amides is 1. The van der Waals surface area contributed by atoms with Gasteiger partial charge in [0.2, 0.25) is 5.91 Å². The molecule has 1 aromatic carbocycles. The molecule has 0 bridgehead atoms. The van der Waals surface area contributed by atoms with Crippen LogP contribution in [-0.2, 0) is 4.79 Å². The Hall–Kier alpha value is -1.06. The van der Waals surface area contributed by atoms with E-state index >= 15 is 0 Å². The van der Waals surface area contributed by atoms with Gasteiger partial charge in [0.15, 0.2) is 0 Å². The summed E-state index contributed by atoms with van der Waals surface area (Å²) < 4.78 is 0. The maximum absolute atomic E-state index is 12.2. The van der Waals surface area contributed by atoms with Crippen molar-refractivity contribution in [1.29, 1.82) is 0 Å². The molecule has 0 saturated carbocycles. The Morgan fingerprint density at radius 1 is 1.22 bits per heavy atom. The van der Waals surface area contributed by atoms with E-state index < -0.39 is 0 Å². The molecule has 1 saturated heterocycles. The van der Waals surface area contributed by atoms with Crippen molar-refractivity contribution in [2.45, 2.75) is 25.8 Å². The molecular weight excluding hydrogens is 248 g/mol. The van der Waals surface area contributed by atoms with Crippen molar-refractivity contribution in [2.24, 2.45) is 11.7 Å². The van der Waals surface area contributed by atoms with Crippen molar-refractivity contribution < 1.29 is 4.79 Å². The molecule has 2 N–H and O–H groups in total. The summed E-state index contributed by atoms with van der Waals surface area (Å²) >= 11 is 0. The molecule has 4 heteroatoms.